The van der Waals surface area contributed by atoms with Crippen LogP contribution in [0.1, 0.15) is 106 Å². The lowest BCUT2D eigenvalue weighted by Gasteiger charge is -2.32. The van der Waals surface area contributed by atoms with Gasteiger partial charge in [0.05, 0.1) is 30.5 Å². The zero-order valence-corrected chi connectivity index (χ0v) is 33.3. The first-order valence-corrected chi connectivity index (χ1v) is 19.6. The molecule has 2 heterocycles. The maximum atomic E-state index is 14.7. The number of likely N-dealkylation sites (tertiary alicyclic amines) is 1. The van der Waals surface area contributed by atoms with Crippen molar-refractivity contribution in [3.05, 3.63) is 47.3 Å². The number of terminal acetylenes is 1. The molecule has 60 heavy (non-hydrogen) atoms. The van der Waals surface area contributed by atoms with E-state index in [-0.39, 0.29) is 62.5 Å². The van der Waals surface area contributed by atoms with Crippen molar-refractivity contribution in [2.75, 3.05) is 19.6 Å². The number of urea groups is 1. The summed E-state index contributed by atoms with van der Waals surface area (Å²) in [6, 6.07) is -1.91. The van der Waals surface area contributed by atoms with Crippen molar-refractivity contribution in [2.24, 2.45) is 11.7 Å². The van der Waals surface area contributed by atoms with E-state index in [0.717, 1.165) is 56.4 Å². The maximum Gasteiger partial charge on any atom is 0.447 e. The van der Waals surface area contributed by atoms with Crippen LogP contribution in [0.25, 0.3) is 0 Å². The number of ketones is 1. The smallest absolute Gasteiger partial charge is 0.384 e. The van der Waals surface area contributed by atoms with E-state index in [1.807, 2.05) is 0 Å². The Bertz CT molecular complexity index is 1900. The lowest BCUT2D eigenvalue weighted by atomic mass is 9.84. The first kappa shape index (κ1) is 47.1. The van der Waals surface area contributed by atoms with Gasteiger partial charge in [0.15, 0.2) is 0 Å². The van der Waals surface area contributed by atoms with Crippen LogP contribution in [0.4, 0.5) is 18.0 Å². The number of aromatic nitrogens is 3. The molecule has 1 aromatic carbocycles. The number of rotatable bonds is 18. The number of nitrogens with zero attached hydrogens (tertiary/aromatic N) is 4. The molecule has 1 aromatic heterocycles. The fourth-order valence-electron chi connectivity index (χ4n) is 7.45. The summed E-state index contributed by atoms with van der Waals surface area (Å²) < 4.78 is 41.1. The van der Waals surface area contributed by atoms with Crippen molar-refractivity contribution >= 4 is 35.4 Å². The Morgan fingerprint density at radius 1 is 0.967 bits per heavy atom. The number of carbonyl (C=O) groups excluding carboxylic acids is 6. The summed E-state index contributed by atoms with van der Waals surface area (Å²) in [5, 5.41) is 48.5. The summed E-state index contributed by atoms with van der Waals surface area (Å²) >= 11 is 0. The van der Waals surface area contributed by atoms with E-state index in [0.29, 0.717) is 6.42 Å². The average Bonchev–Trinajstić information content (AvgIpc) is 3.87. The quantitative estimate of drug-likeness (QED) is 0.0449. The predicted molar refractivity (Wildman–Crippen MR) is 206 cm³/mol. The Balaban J connectivity index is 1.63. The minimum absolute atomic E-state index is 0.0117. The molecular formula is C39H52F3N9O9. The number of primary amides is 1. The van der Waals surface area contributed by atoms with E-state index in [2.05, 4.69) is 37.5 Å². The summed E-state index contributed by atoms with van der Waals surface area (Å²) in [4.78, 5) is 80.6. The Labute approximate surface area is 344 Å². The zero-order valence-electron chi connectivity index (χ0n) is 33.3. The molecule has 21 heteroatoms. The van der Waals surface area contributed by atoms with Gasteiger partial charge in [0.1, 0.15) is 17.7 Å². The maximum absolute atomic E-state index is 14.7. The van der Waals surface area contributed by atoms with E-state index in [4.69, 9.17) is 12.2 Å². The van der Waals surface area contributed by atoms with Gasteiger partial charge in [0, 0.05) is 30.6 Å². The molecule has 6 amide bonds. The van der Waals surface area contributed by atoms with Crippen molar-refractivity contribution in [1.82, 2.24) is 41.2 Å². The molecule has 1 saturated carbocycles. The number of unbranched alkanes of at least 4 members (excludes halogenated alkanes) is 1. The molecule has 1 saturated heterocycles. The summed E-state index contributed by atoms with van der Waals surface area (Å²) in [7, 11) is 0. The number of carbonyl (C=O) groups is 6. The van der Waals surface area contributed by atoms with E-state index in [1.165, 1.54) is 29.6 Å². The molecular weight excluding hydrogens is 795 g/mol. The van der Waals surface area contributed by atoms with E-state index < -0.39 is 82.7 Å². The zero-order chi connectivity index (χ0) is 44.4. The molecule has 4 rings (SSSR count). The summed E-state index contributed by atoms with van der Waals surface area (Å²) in [6.45, 7) is 3.00. The lowest BCUT2D eigenvalue weighted by molar-refractivity contribution is -0.358. The Kier molecular flexibility index (Phi) is 15.8. The van der Waals surface area contributed by atoms with Gasteiger partial charge in [0.25, 0.3) is 17.6 Å². The van der Waals surface area contributed by atoms with Gasteiger partial charge in [-0.05, 0) is 57.6 Å². The van der Waals surface area contributed by atoms with Gasteiger partial charge >= 0.3 is 12.2 Å². The number of Topliss-reactive ketones (excluding diaryl/α,β-unsaturated/α-hetero) is 1. The van der Waals surface area contributed by atoms with Crippen molar-refractivity contribution < 1.29 is 57.3 Å². The molecule has 0 radical (unpaired) electrons. The highest BCUT2D eigenvalue weighted by atomic mass is 19.4. The minimum atomic E-state index is -5.43. The first-order valence-electron chi connectivity index (χ1n) is 19.6. The number of hydrogen-bond donors (Lipinski definition) is 8. The summed E-state index contributed by atoms with van der Waals surface area (Å²) in [6.07, 6.45) is 5.78. The van der Waals surface area contributed by atoms with Crippen LogP contribution in [-0.2, 0) is 30.6 Å². The Hall–Kier alpha value is -5.59. The fraction of sp³-hybridized carbons (Fsp3) is 0.590. The molecule has 2 unspecified atom stereocenters. The van der Waals surface area contributed by atoms with Gasteiger partial charge in [-0.2, -0.15) is 13.2 Å². The molecule has 2 fully saturated rings. The van der Waals surface area contributed by atoms with Gasteiger partial charge in [-0.15, -0.1) is 11.5 Å². The van der Waals surface area contributed by atoms with Crippen molar-refractivity contribution in [1.29, 1.82) is 0 Å². The Morgan fingerprint density at radius 3 is 2.23 bits per heavy atom. The third-order valence-corrected chi connectivity index (χ3v) is 10.7. The van der Waals surface area contributed by atoms with Gasteiger partial charge < -0.3 is 47.2 Å². The number of benzene rings is 1. The van der Waals surface area contributed by atoms with Gasteiger partial charge in [-0.1, -0.05) is 55.4 Å². The molecule has 9 N–H and O–H groups in total. The number of hydrogen-bond acceptors (Lipinski definition) is 11. The van der Waals surface area contributed by atoms with Crippen LogP contribution in [-0.4, -0.2) is 115 Å². The topological polar surface area (TPSA) is 271 Å². The molecule has 2 aliphatic rings. The molecule has 4 atom stereocenters. The van der Waals surface area contributed by atoms with E-state index in [1.54, 1.807) is 0 Å². The number of nitrogens with two attached hydrogens (primary N) is 1. The molecule has 0 spiro atoms. The molecule has 1 aliphatic heterocycles. The molecule has 18 nitrogen and oxygen atoms in total. The van der Waals surface area contributed by atoms with Gasteiger partial charge in [-0.25, -0.2) is 9.48 Å². The second kappa shape index (κ2) is 20.1. The number of amides is 6. The van der Waals surface area contributed by atoms with Crippen LogP contribution in [0.5, 0.6) is 0 Å². The normalized spacial score (nSPS) is 18.5. The number of aliphatic hydroxyl groups is 3. The van der Waals surface area contributed by atoms with Crippen LogP contribution >= 0.6 is 0 Å². The second-order valence-corrected chi connectivity index (χ2v) is 15.6. The SMILES string of the molecule is C#CCNC(=O)NCCCCC(NC(=O)[C@@H]1C[C@H](n2nncc2C(C)(C)O)CN1C(=O)C(CC1CCCCC1)NC(=O)c1ccc(C(O)(O)C(F)(F)F)cc1)C(=O)C(N)=O. The molecule has 2 aromatic rings. The number of halogens is 3. The monoisotopic (exact) mass is 847 g/mol. The van der Waals surface area contributed by atoms with Crippen molar-refractivity contribution in [3.8, 4) is 12.3 Å². The highest BCUT2D eigenvalue weighted by molar-refractivity contribution is 6.37. The number of alkyl halides is 3. The van der Waals surface area contributed by atoms with Gasteiger partial charge in [0.2, 0.25) is 17.6 Å². The van der Waals surface area contributed by atoms with Crippen molar-refractivity contribution in [2.45, 2.75) is 120 Å². The van der Waals surface area contributed by atoms with Crippen LogP contribution in [0.15, 0.2) is 30.5 Å². The van der Waals surface area contributed by atoms with Crippen LogP contribution in [0, 0.1) is 18.3 Å². The summed E-state index contributed by atoms with van der Waals surface area (Å²) in [5.74, 6) is -6.76. The van der Waals surface area contributed by atoms with Crippen LogP contribution in [0.2, 0.25) is 0 Å². The van der Waals surface area contributed by atoms with Crippen LogP contribution < -0.4 is 27.0 Å². The molecule has 0 bridgehead atoms. The average molecular weight is 848 g/mol. The second-order valence-electron chi connectivity index (χ2n) is 15.6. The standard InChI is InChI=1S/C39H52F3N9O9/c1-4-17-44-36(57)45-18-9-8-12-27(31(52)32(43)53)47-34(55)29-20-26(51-30(21-46-49-51)37(2,3)58)22-50(29)35(56)28(19-23-10-6-5-7-11-23)48-33(54)24-13-15-25(16-14-24)38(59,60)39(40,41)42/h1,13-16,21,23,26-29,58-60H,5-12,17-20,22H2,2-3H3,(H2,43,53)(H,47,55)(H,48,54)(H2,44,45,57)/t26-,27?,28?,29-/m0/s1. The van der Waals surface area contributed by atoms with Gasteiger partial charge in [-0.3, -0.25) is 24.0 Å². The number of nitrogens with one attached hydrogen (secondary N) is 4. The van der Waals surface area contributed by atoms with Crippen molar-refractivity contribution in [3.63, 3.8) is 0 Å². The fourth-order valence-corrected chi connectivity index (χ4v) is 7.45. The lowest BCUT2D eigenvalue weighted by Crippen LogP contribution is -2.56. The summed E-state index contributed by atoms with van der Waals surface area (Å²) in [5.41, 5.74) is 3.01. The highest BCUT2D eigenvalue weighted by Crippen LogP contribution is 2.37. The largest absolute Gasteiger partial charge is 0.447 e. The minimum Gasteiger partial charge on any atom is -0.384 e. The van der Waals surface area contributed by atoms with E-state index in [9.17, 15) is 57.3 Å². The predicted octanol–water partition coefficient (Wildman–Crippen LogP) is 0.758. The van der Waals surface area contributed by atoms with Crippen LogP contribution in [0.3, 0.4) is 0 Å². The first-order chi connectivity index (χ1) is 28.1. The molecule has 1 aliphatic carbocycles. The highest BCUT2D eigenvalue weighted by Gasteiger charge is 2.54. The van der Waals surface area contributed by atoms with E-state index >= 15 is 0 Å². The third kappa shape index (κ3) is 12.0. The third-order valence-electron chi connectivity index (χ3n) is 10.7. The molecule has 328 valence electrons. The Morgan fingerprint density at radius 2 is 1.63 bits per heavy atom.